The van der Waals surface area contributed by atoms with Crippen LogP contribution < -0.4 is 29.6 Å². The van der Waals surface area contributed by atoms with Crippen LogP contribution in [0.1, 0.15) is 71.6 Å². The molecule has 14 heteroatoms. The zero-order chi connectivity index (χ0) is 47.1. The number of phenolic OH excluding ortho intramolecular Hbond substituents is 2. The van der Waals surface area contributed by atoms with Crippen LogP contribution in [0.2, 0.25) is 0 Å². The van der Waals surface area contributed by atoms with Crippen LogP contribution in [0.15, 0.2) is 117 Å². The zero-order valence-corrected chi connectivity index (χ0v) is 37.1. The number of carbonyl (C=O) groups is 2. The van der Waals surface area contributed by atoms with Crippen molar-refractivity contribution in [3.8, 4) is 34.5 Å². The molecule has 0 bridgehead atoms. The number of fused-ring (bicyclic) bond motifs is 2. The number of methoxy groups -OCH3 is 4. The number of benzene rings is 4. The third-order valence-electron chi connectivity index (χ3n) is 11.3. The Labute approximate surface area is 380 Å². The van der Waals surface area contributed by atoms with Gasteiger partial charge in [-0.1, -0.05) is 12.1 Å². The maximum atomic E-state index is 14.1. The molecule has 0 radical (unpaired) electrons. The van der Waals surface area contributed by atoms with Gasteiger partial charge in [-0.2, -0.15) is 0 Å². The van der Waals surface area contributed by atoms with Crippen molar-refractivity contribution in [3.63, 3.8) is 0 Å². The van der Waals surface area contributed by atoms with E-state index in [1.54, 1.807) is 73.2 Å². The second kappa shape index (κ2) is 20.2. The molecule has 2 aliphatic carbocycles. The second-order valence-electron chi connectivity index (χ2n) is 15.3. The molecule has 0 fully saturated rings. The molecule has 340 valence electrons. The monoisotopic (exact) mass is 898 g/mol. The molecule has 0 saturated heterocycles. The Balaban J connectivity index is 0.000000196. The van der Waals surface area contributed by atoms with Gasteiger partial charge in [-0.3, -0.25) is 9.59 Å². The van der Waals surface area contributed by atoms with E-state index in [-0.39, 0.29) is 83.9 Å². The van der Waals surface area contributed by atoms with Crippen molar-refractivity contribution in [2.75, 3.05) is 28.4 Å². The van der Waals surface area contributed by atoms with Crippen molar-refractivity contribution in [3.05, 3.63) is 165 Å². The van der Waals surface area contributed by atoms with Gasteiger partial charge in [0.1, 0.15) is 23.2 Å². The number of halogens is 2. The van der Waals surface area contributed by atoms with Gasteiger partial charge in [0.25, 0.3) is 0 Å². The predicted molar refractivity (Wildman–Crippen MR) is 246 cm³/mol. The number of rotatable bonds is 14. The quantitative estimate of drug-likeness (QED) is 0.0828. The summed E-state index contributed by atoms with van der Waals surface area (Å²) in [5.41, 5.74) is 9.45. The molecule has 4 aromatic carbocycles. The second-order valence-corrected chi connectivity index (χ2v) is 15.3. The third kappa shape index (κ3) is 10.0. The van der Waals surface area contributed by atoms with E-state index in [4.69, 9.17) is 27.8 Å². The molecule has 2 heterocycles. The molecule has 12 nitrogen and oxygen atoms in total. The van der Waals surface area contributed by atoms with Gasteiger partial charge < -0.3 is 48.6 Å². The first kappa shape index (κ1) is 46.0. The molecular weight excluding hydrogens is 851 g/mol. The molecule has 8 rings (SSSR count). The summed E-state index contributed by atoms with van der Waals surface area (Å²) in [5, 5.41) is 26.1. The zero-order valence-electron chi connectivity index (χ0n) is 37.1. The van der Waals surface area contributed by atoms with Crippen molar-refractivity contribution in [1.29, 1.82) is 0 Å². The van der Waals surface area contributed by atoms with Crippen LogP contribution in [-0.2, 0) is 22.7 Å². The summed E-state index contributed by atoms with van der Waals surface area (Å²) in [7, 11) is 5.85. The number of nitrogens with one attached hydrogen (secondary N) is 2. The Morgan fingerprint density at radius 1 is 0.561 bits per heavy atom. The summed E-state index contributed by atoms with van der Waals surface area (Å²) in [6.45, 7) is 4.38. The molecule has 0 atom stereocenters. The van der Waals surface area contributed by atoms with Gasteiger partial charge in [0.2, 0.25) is 23.3 Å². The Hall–Kier alpha value is -8.00. The number of phenols is 2. The fraction of sp³-hybridized carbons (Fsp3) is 0.192. The molecule has 2 aromatic heterocycles. The van der Waals surface area contributed by atoms with E-state index in [1.807, 2.05) is 26.0 Å². The Bertz CT molecular complexity index is 2660. The van der Waals surface area contributed by atoms with Crippen LogP contribution in [0.3, 0.4) is 0 Å². The van der Waals surface area contributed by atoms with E-state index >= 15 is 0 Å². The molecular formula is C52H48F2N2O10. The average molecular weight is 899 g/mol. The minimum Gasteiger partial charge on any atom is -0.502 e. The molecule has 4 N–H and O–H groups in total. The van der Waals surface area contributed by atoms with Gasteiger partial charge in [-0.25, -0.2) is 8.78 Å². The summed E-state index contributed by atoms with van der Waals surface area (Å²) >= 11 is 0. The Morgan fingerprint density at radius 3 is 1.24 bits per heavy atom. The van der Waals surface area contributed by atoms with Crippen molar-refractivity contribution in [2.24, 2.45) is 0 Å². The van der Waals surface area contributed by atoms with E-state index in [0.717, 1.165) is 55.7 Å². The number of aromatic hydroxyl groups is 2. The normalized spacial score (nSPS) is 13.9. The van der Waals surface area contributed by atoms with Crippen molar-refractivity contribution < 1.29 is 56.4 Å². The van der Waals surface area contributed by atoms with Crippen LogP contribution in [-0.4, -0.2) is 50.5 Å². The van der Waals surface area contributed by atoms with Crippen LogP contribution in [0.4, 0.5) is 8.78 Å². The summed E-state index contributed by atoms with van der Waals surface area (Å²) in [6, 6.07) is 23.0. The van der Waals surface area contributed by atoms with Gasteiger partial charge in [-0.05, 0) is 166 Å². The highest BCUT2D eigenvalue weighted by molar-refractivity contribution is 6.09. The summed E-state index contributed by atoms with van der Waals surface area (Å²) in [5.74, 6) is 1.12. The predicted octanol–water partition coefficient (Wildman–Crippen LogP) is 10.4. The standard InChI is InChI=1S/2C26H24FNO5/c2*1-15-20(9-16-10-23(31-2)26(30)24(11-16)32-3)19-7-6-17(27)12-22(19)21(15)13-25(29)28-14-18-5-4-8-33-18/h2*4-12,30H,13-14H2,1-3H3,(H,28,29)/b2*20-9-. The van der Waals surface area contributed by atoms with E-state index in [0.29, 0.717) is 22.6 Å². The Kier molecular flexibility index (Phi) is 14.1. The number of furan rings is 2. The minimum atomic E-state index is -0.371. The topological polar surface area (TPSA) is 162 Å². The highest BCUT2D eigenvalue weighted by atomic mass is 19.1. The lowest BCUT2D eigenvalue weighted by Gasteiger charge is -2.11. The number of hydrogen-bond donors (Lipinski definition) is 4. The fourth-order valence-electron chi connectivity index (χ4n) is 7.93. The van der Waals surface area contributed by atoms with E-state index < -0.39 is 0 Å². The van der Waals surface area contributed by atoms with Crippen LogP contribution in [0.5, 0.6) is 34.5 Å². The Morgan fingerprint density at radius 2 is 0.924 bits per heavy atom. The highest BCUT2D eigenvalue weighted by Crippen LogP contribution is 2.47. The molecule has 2 aliphatic rings. The van der Waals surface area contributed by atoms with E-state index in [1.165, 1.54) is 52.7 Å². The van der Waals surface area contributed by atoms with Crippen molar-refractivity contribution in [1.82, 2.24) is 10.6 Å². The first-order chi connectivity index (χ1) is 31.8. The van der Waals surface area contributed by atoms with Gasteiger partial charge in [0.15, 0.2) is 23.0 Å². The molecule has 0 spiro atoms. The van der Waals surface area contributed by atoms with Gasteiger partial charge in [0, 0.05) is 0 Å². The summed E-state index contributed by atoms with van der Waals surface area (Å²) in [4.78, 5) is 25.3. The maximum Gasteiger partial charge on any atom is 0.224 e. The third-order valence-corrected chi connectivity index (χ3v) is 11.3. The van der Waals surface area contributed by atoms with Gasteiger partial charge in [-0.15, -0.1) is 0 Å². The molecule has 0 aliphatic heterocycles. The lowest BCUT2D eigenvalue weighted by molar-refractivity contribution is -0.121. The van der Waals surface area contributed by atoms with Crippen molar-refractivity contribution >= 4 is 46.3 Å². The number of hydrogen-bond acceptors (Lipinski definition) is 10. The molecule has 66 heavy (non-hydrogen) atoms. The summed E-state index contributed by atoms with van der Waals surface area (Å²) in [6.07, 6.45) is 7.11. The van der Waals surface area contributed by atoms with E-state index in [9.17, 15) is 28.6 Å². The number of carbonyl (C=O) groups excluding carboxylic acids is 2. The molecule has 2 amide bonds. The number of ether oxygens (including phenoxy) is 4. The first-order valence-electron chi connectivity index (χ1n) is 20.7. The van der Waals surface area contributed by atoms with Crippen LogP contribution in [0.25, 0.3) is 34.4 Å². The molecule has 0 saturated carbocycles. The average Bonchev–Trinajstić information content (AvgIpc) is 4.13. The SMILES string of the molecule is COc1cc(/C=C2/C(C)=C(CC(=O)NCc3ccco3)c3cc(F)ccc32)cc(OC)c1O.COc1cc(/C=C2/C(C)=C(CC(=O)NCc3ccco3)c3cc(F)ccc32)cc(OC)c1O. The van der Waals surface area contributed by atoms with E-state index in [2.05, 4.69) is 10.6 Å². The first-order valence-corrected chi connectivity index (χ1v) is 20.7. The molecule has 6 aromatic rings. The lowest BCUT2D eigenvalue weighted by atomic mass is 10.00. The molecule has 0 unspecified atom stereocenters. The van der Waals surface area contributed by atoms with Crippen molar-refractivity contribution in [2.45, 2.75) is 39.8 Å². The summed E-state index contributed by atoms with van der Waals surface area (Å²) < 4.78 is 59.8. The van der Waals surface area contributed by atoms with Gasteiger partial charge >= 0.3 is 0 Å². The number of amides is 2. The van der Waals surface area contributed by atoms with Crippen LogP contribution >= 0.6 is 0 Å². The highest BCUT2D eigenvalue weighted by Gasteiger charge is 2.28. The largest absolute Gasteiger partial charge is 0.502 e. The fourth-order valence-corrected chi connectivity index (χ4v) is 7.93. The lowest BCUT2D eigenvalue weighted by Crippen LogP contribution is -2.22. The van der Waals surface area contributed by atoms with Gasteiger partial charge in [0.05, 0.1) is 66.9 Å². The smallest absolute Gasteiger partial charge is 0.224 e. The maximum absolute atomic E-state index is 14.1. The van der Waals surface area contributed by atoms with Crippen LogP contribution in [0, 0.1) is 11.6 Å². The number of allylic oxidation sites excluding steroid dienone is 4. The minimum absolute atomic E-state index is 0.0859.